The van der Waals surface area contributed by atoms with Crippen LogP contribution in [0.2, 0.25) is 0 Å². The number of anilines is 4. The topological polar surface area (TPSA) is 136 Å². The van der Waals surface area contributed by atoms with Gasteiger partial charge in [0, 0.05) is 87.3 Å². The first-order chi connectivity index (χ1) is 22.5. The third kappa shape index (κ3) is 7.75. The predicted molar refractivity (Wildman–Crippen MR) is 178 cm³/mol. The van der Waals surface area contributed by atoms with Gasteiger partial charge < -0.3 is 50.0 Å². The van der Waals surface area contributed by atoms with Gasteiger partial charge in [0.15, 0.2) is 0 Å². The van der Waals surface area contributed by atoms with Crippen LogP contribution < -0.4 is 31.1 Å². The van der Waals surface area contributed by atoms with Crippen LogP contribution in [0, 0.1) is 0 Å². The number of morpholine rings is 2. The highest BCUT2D eigenvalue weighted by atomic mass is 16.6. The molecule has 2 unspecified atom stereocenters. The second-order valence-corrected chi connectivity index (χ2v) is 12.1. The summed E-state index contributed by atoms with van der Waals surface area (Å²) in [6.07, 6.45) is 3.01. The Morgan fingerprint density at radius 2 is 1.09 bits per heavy atom. The van der Waals surface area contributed by atoms with E-state index in [1.54, 1.807) is 0 Å². The van der Waals surface area contributed by atoms with Gasteiger partial charge in [-0.25, -0.2) is 9.59 Å². The van der Waals surface area contributed by atoms with Crippen molar-refractivity contribution in [2.45, 2.75) is 25.0 Å². The standard InChI is InChI=1S/C34H46N6O6/c35-21-29(23-39-9-7-25-1-3-27(19-31(25)39)37-11-15-43-16-12-37)45-33(41)5-6-34(42)46-30(22-36)24-40-10-8-26-2-4-28(20-32(26)40)38-13-17-44-18-14-38/h1-6,19-20,29-30H,7-18,21-24,35-36H2/b6-5+. The second-order valence-electron chi connectivity index (χ2n) is 12.1. The fourth-order valence-corrected chi connectivity index (χ4v) is 6.64. The van der Waals surface area contributed by atoms with Crippen molar-refractivity contribution in [1.82, 2.24) is 0 Å². The van der Waals surface area contributed by atoms with Crippen LogP contribution in [0.25, 0.3) is 0 Å². The van der Waals surface area contributed by atoms with E-state index in [2.05, 4.69) is 56.0 Å². The van der Waals surface area contributed by atoms with Gasteiger partial charge in [0.05, 0.1) is 39.5 Å². The van der Waals surface area contributed by atoms with Crippen LogP contribution in [0.1, 0.15) is 11.1 Å². The number of rotatable bonds is 12. The van der Waals surface area contributed by atoms with Gasteiger partial charge in [0.2, 0.25) is 0 Å². The molecule has 2 atom stereocenters. The van der Waals surface area contributed by atoms with E-state index < -0.39 is 24.1 Å². The highest BCUT2D eigenvalue weighted by Crippen LogP contribution is 2.34. The molecule has 12 nitrogen and oxygen atoms in total. The maximum absolute atomic E-state index is 12.7. The van der Waals surface area contributed by atoms with Gasteiger partial charge in [-0.05, 0) is 48.2 Å². The van der Waals surface area contributed by atoms with Crippen LogP contribution in [0.4, 0.5) is 22.7 Å². The maximum atomic E-state index is 12.7. The Labute approximate surface area is 270 Å². The number of ether oxygens (including phenoxy) is 4. The summed E-state index contributed by atoms with van der Waals surface area (Å²) >= 11 is 0. The molecule has 2 fully saturated rings. The van der Waals surface area contributed by atoms with Gasteiger partial charge in [-0.2, -0.15) is 0 Å². The average Bonchev–Trinajstić information content (AvgIpc) is 3.70. The van der Waals surface area contributed by atoms with Crippen LogP contribution in [-0.4, -0.2) is 116 Å². The van der Waals surface area contributed by atoms with Crippen molar-refractivity contribution >= 4 is 34.7 Å². The molecular formula is C34H46N6O6. The minimum Gasteiger partial charge on any atom is -0.456 e. The van der Waals surface area contributed by atoms with Crippen LogP contribution in [0.3, 0.4) is 0 Å². The largest absolute Gasteiger partial charge is 0.456 e. The zero-order chi connectivity index (χ0) is 31.9. The summed E-state index contributed by atoms with van der Waals surface area (Å²) in [5.41, 5.74) is 19.2. The minimum absolute atomic E-state index is 0.165. The van der Waals surface area contributed by atoms with Crippen molar-refractivity contribution in [3.63, 3.8) is 0 Å². The Morgan fingerprint density at radius 3 is 1.48 bits per heavy atom. The van der Waals surface area contributed by atoms with Gasteiger partial charge >= 0.3 is 11.9 Å². The molecule has 0 aromatic heterocycles. The number of carbonyl (C=O) groups excluding carboxylic acids is 2. The molecule has 6 rings (SSSR count). The Bertz CT molecular complexity index is 1290. The number of esters is 2. The fourth-order valence-electron chi connectivity index (χ4n) is 6.64. The van der Waals surface area contributed by atoms with Crippen LogP contribution in [0.15, 0.2) is 48.6 Å². The van der Waals surface area contributed by atoms with E-state index >= 15 is 0 Å². The van der Waals surface area contributed by atoms with E-state index in [4.69, 9.17) is 30.4 Å². The predicted octanol–water partition coefficient (Wildman–Crippen LogP) is 1.08. The molecule has 0 radical (unpaired) electrons. The summed E-state index contributed by atoms with van der Waals surface area (Å²) in [7, 11) is 0. The van der Waals surface area contributed by atoms with Crippen LogP contribution >= 0.6 is 0 Å². The van der Waals surface area contributed by atoms with Gasteiger partial charge in [0.25, 0.3) is 0 Å². The molecule has 0 aliphatic carbocycles. The molecule has 2 saturated heterocycles. The first kappa shape index (κ1) is 32.1. The molecule has 12 heteroatoms. The van der Waals surface area contributed by atoms with Crippen molar-refractivity contribution < 1.29 is 28.5 Å². The molecule has 2 aromatic rings. The van der Waals surface area contributed by atoms with E-state index in [9.17, 15) is 9.59 Å². The Balaban J connectivity index is 0.994. The first-order valence-electron chi connectivity index (χ1n) is 16.4. The number of benzene rings is 2. The van der Waals surface area contributed by atoms with Crippen molar-refractivity contribution in [2.75, 3.05) is 111 Å². The van der Waals surface area contributed by atoms with Crippen LogP contribution in [-0.2, 0) is 41.4 Å². The minimum atomic E-state index is -0.637. The Morgan fingerprint density at radius 1 is 0.674 bits per heavy atom. The van der Waals surface area contributed by atoms with Gasteiger partial charge in [-0.3, -0.25) is 0 Å². The lowest BCUT2D eigenvalue weighted by Gasteiger charge is -2.30. The number of hydrogen-bond acceptors (Lipinski definition) is 12. The second kappa shape index (κ2) is 15.2. The summed E-state index contributed by atoms with van der Waals surface area (Å²) in [4.78, 5) is 34.4. The molecule has 4 aliphatic heterocycles. The molecular weight excluding hydrogens is 588 g/mol. The lowest BCUT2D eigenvalue weighted by atomic mass is 10.1. The third-order valence-corrected chi connectivity index (χ3v) is 9.17. The van der Waals surface area contributed by atoms with E-state index in [1.165, 1.54) is 22.5 Å². The lowest BCUT2D eigenvalue weighted by Crippen LogP contribution is -2.39. The summed E-state index contributed by atoms with van der Waals surface area (Å²) in [5.74, 6) is -1.27. The zero-order valence-corrected chi connectivity index (χ0v) is 26.5. The first-order valence-corrected chi connectivity index (χ1v) is 16.4. The zero-order valence-electron chi connectivity index (χ0n) is 26.5. The summed E-state index contributed by atoms with van der Waals surface area (Å²) in [6.45, 7) is 9.30. The quantitative estimate of drug-likeness (QED) is 0.256. The lowest BCUT2D eigenvalue weighted by molar-refractivity contribution is -0.145. The molecule has 4 aliphatic rings. The van der Waals surface area contributed by atoms with Crippen LogP contribution in [0.5, 0.6) is 0 Å². The summed E-state index contributed by atoms with van der Waals surface area (Å²) in [6, 6.07) is 13.1. The summed E-state index contributed by atoms with van der Waals surface area (Å²) < 4.78 is 22.3. The maximum Gasteiger partial charge on any atom is 0.331 e. The Hall–Kier alpha value is -3.84. The van der Waals surface area contributed by atoms with E-state index in [1.807, 2.05) is 0 Å². The molecule has 46 heavy (non-hydrogen) atoms. The average molecular weight is 635 g/mol. The number of nitrogens with two attached hydrogens (primary N) is 2. The van der Waals surface area contributed by atoms with Gasteiger partial charge in [-0.1, -0.05) is 12.1 Å². The molecule has 0 bridgehead atoms. The highest BCUT2D eigenvalue weighted by Gasteiger charge is 2.27. The van der Waals surface area contributed by atoms with Gasteiger partial charge in [-0.15, -0.1) is 0 Å². The third-order valence-electron chi connectivity index (χ3n) is 9.17. The normalized spacial score (nSPS) is 19.3. The smallest absolute Gasteiger partial charge is 0.331 e. The van der Waals surface area contributed by atoms with E-state index in [0.717, 1.165) is 102 Å². The number of fused-ring (bicyclic) bond motifs is 2. The van der Waals surface area contributed by atoms with Crippen molar-refractivity contribution in [2.24, 2.45) is 11.5 Å². The molecule has 0 amide bonds. The molecule has 248 valence electrons. The number of hydrogen-bond donors (Lipinski definition) is 2. The number of carbonyl (C=O) groups is 2. The van der Waals surface area contributed by atoms with Crippen molar-refractivity contribution in [1.29, 1.82) is 0 Å². The molecule has 0 saturated carbocycles. The Kier molecular flexibility index (Phi) is 10.6. The SMILES string of the molecule is NCC(CN1CCc2ccc(N3CCOCC3)cc21)OC(=O)/C=C/C(=O)OC(CN)CN1CCc2ccc(N3CCOCC3)cc21. The molecule has 0 spiro atoms. The van der Waals surface area contributed by atoms with E-state index in [0.29, 0.717) is 13.1 Å². The molecule has 4 N–H and O–H groups in total. The summed E-state index contributed by atoms with van der Waals surface area (Å²) in [5, 5.41) is 0. The molecule has 4 heterocycles. The van der Waals surface area contributed by atoms with Gasteiger partial charge in [0.1, 0.15) is 12.2 Å². The monoisotopic (exact) mass is 634 g/mol. The van der Waals surface area contributed by atoms with Crippen molar-refractivity contribution in [3.8, 4) is 0 Å². The number of nitrogens with zero attached hydrogens (tertiary/aromatic N) is 4. The molecule has 2 aromatic carbocycles. The van der Waals surface area contributed by atoms with E-state index in [-0.39, 0.29) is 13.1 Å². The highest BCUT2D eigenvalue weighted by molar-refractivity contribution is 5.91. The van der Waals surface area contributed by atoms with Crippen molar-refractivity contribution in [3.05, 3.63) is 59.7 Å². The fraction of sp³-hybridized carbons (Fsp3) is 0.529.